The van der Waals surface area contributed by atoms with Crippen LogP contribution in [0.2, 0.25) is 0 Å². The van der Waals surface area contributed by atoms with Gasteiger partial charge in [-0.1, -0.05) is 0 Å². The van der Waals surface area contributed by atoms with E-state index in [2.05, 4.69) is 20.7 Å². The first-order valence-electron chi connectivity index (χ1n) is 10.5. The van der Waals surface area contributed by atoms with E-state index in [4.69, 9.17) is 9.47 Å². The molecule has 0 radical (unpaired) electrons. The van der Waals surface area contributed by atoms with Gasteiger partial charge in [-0.3, -0.25) is 19.3 Å². The minimum atomic E-state index is -0.541. The van der Waals surface area contributed by atoms with Gasteiger partial charge in [-0.15, -0.1) is 0 Å². The molecule has 0 N–H and O–H groups in total. The summed E-state index contributed by atoms with van der Waals surface area (Å²) in [5, 5.41) is -0.473. The van der Waals surface area contributed by atoms with Crippen molar-refractivity contribution in [2.24, 2.45) is 0 Å². The maximum Gasteiger partial charge on any atom is 0.343 e. The SMILES string of the molecule is CCOc1cc(/C=C2\SC(=O)N(CC(=O)N3CCCCC3)C2=O)cc(Br)c1OCC(=O)OC. The molecule has 11 heteroatoms. The molecule has 3 rings (SSSR count). The zero-order chi connectivity index (χ0) is 24.0. The summed E-state index contributed by atoms with van der Waals surface area (Å²) in [5.41, 5.74) is 0.587. The first-order chi connectivity index (χ1) is 15.8. The lowest BCUT2D eigenvalue weighted by Gasteiger charge is -2.27. The summed E-state index contributed by atoms with van der Waals surface area (Å²) in [7, 11) is 1.26. The van der Waals surface area contributed by atoms with Crippen molar-refractivity contribution >= 4 is 56.8 Å². The molecule has 1 aromatic carbocycles. The number of likely N-dealkylation sites (tertiary alicyclic amines) is 1. The second-order valence-corrected chi connectivity index (χ2v) is 9.18. The number of piperidine rings is 1. The minimum absolute atomic E-state index is 0.212. The van der Waals surface area contributed by atoms with Gasteiger partial charge in [0.05, 0.1) is 23.1 Å². The van der Waals surface area contributed by atoms with Gasteiger partial charge in [0, 0.05) is 13.1 Å². The van der Waals surface area contributed by atoms with E-state index in [0.717, 1.165) is 35.9 Å². The molecule has 0 unspecified atom stereocenters. The van der Waals surface area contributed by atoms with Gasteiger partial charge in [0.1, 0.15) is 6.54 Å². The highest BCUT2D eigenvalue weighted by molar-refractivity contribution is 9.10. The van der Waals surface area contributed by atoms with Crippen LogP contribution in [0.5, 0.6) is 11.5 Å². The van der Waals surface area contributed by atoms with E-state index in [1.54, 1.807) is 30.0 Å². The summed E-state index contributed by atoms with van der Waals surface area (Å²) in [6.45, 7) is 2.91. The van der Waals surface area contributed by atoms with Crippen molar-refractivity contribution in [3.8, 4) is 11.5 Å². The van der Waals surface area contributed by atoms with Crippen LogP contribution in [0.25, 0.3) is 6.08 Å². The van der Waals surface area contributed by atoms with Crippen LogP contribution in [-0.2, 0) is 19.1 Å². The van der Waals surface area contributed by atoms with Crippen molar-refractivity contribution in [3.05, 3.63) is 27.1 Å². The number of hydrogen-bond acceptors (Lipinski definition) is 8. The highest BCUT2D eigenvalue weighted by Gasteiger charge is 2.37. The molecular weight excluding hydrogens is 516 g/mol. The molecule has 33 heavy (non-hydrogen) atoms. The lowest BCUT2D eigenvalue weighted by molar-refractivity contribution is -0.143. The van der Waals surface area contributed by atoms with E-state index in [0.29, 0.717) is 41.2 Å². The van der Waals surface area contributed by atoms with Gasteiger partial charge in [-0.25, -0.2) is 4.79 Å². The Kier molecular flexibility index (Phi) is 8.79. The highest BCUT2D eigenvalue weighted by atomic mass is 79.9. The molecule has 2 fully saturated rings. The van der Waals surface area contributed by atoms with E-state index in [9.17, 15) is 19.2 Å². The van der Waals surface area contributed by atoms with Crippen molar-refractivity contribution in [3.63, 3.8) is 0 Å². The number of rotatable bonds is 8. The predicted molar refractivity (Wildman–Crippen MR) is 126 cm³/mol. The molecular formula is C22H25BrN2O7S. The Morgan fingerprint density at radius 3 is 2.55 bits per heavy atom. The van der Waals surface area contributed by atoms with Gasteiger partial charge in [-0.2, -0.15) is 0 Å². The van der Waals surface area contributed by atoms with Gasteiger partial charge in [0.2, 0.25) is 5.91 Å². The monoisotopic (exact) mass is 540 g/mol. The number of halogens is 1. The molecule has 0 saturated carbocycles. The van der Waals surface area contributed by atoms with Crippen LogP contribution in [0.3, 0.4) is 0 Å². The van der Waals surface area contributed by atoms with Crippen LogP contribution in [0.4, 0.5) is 4.79 Å². The lowest BCUT2D eigenvalue weighted by Crippen LogP contribution is -2.44. The van der Waals surface area contributed by atoms with E-state index < -0.39 is 17.1 Å². The maximum atomic E-state index is 12.8. The van der Waals surface area contributed by atoms with Crippen LogP contribution < -0.4 is 9.47 Å². The van der Waals surface area contributed by atoms with E-state index in [-0.39, 0.29) is 24.0 Å². The summed E-state index contributed by atoms with van der Waals surface area (Å²) in [6, 6.07) is 3.33. The van der Waals surface area contributed by atoms with E-state index >= 15 is 0 Å². The fourth-order valence-corrected chi connectivity index (χ4v) is 4.84. The van der Waals surface area contributed by atoms with Crippen LogP contribution in [-0.4, -0.2) is 72.8 Å². The number of imide groups is 1. The number of esters is 1. The molecule has 2 aliphatic heterocycles. The van der Waals surface area contributed by atoms with Crippen molar-refractivity contribution in [1.29, 1.82) is 0 Å². The van der Waals surface area contributed by atoms with Gasteiger partial charge in [0.15, 0.2) is 18.1 Å². The summed E-state index contributed by atoms with van der Waals surface area (Å²) < 4.78 is 16.2. The second-order valence-electron chi connectivity index (χ2n) is 7.34. The first-order valence-corrected chi connectivity index (χ1v) is 12.1. The molecule has 0 bridgehead atoms. The van der Waals surface area contributed by atoms with Crippen LogP contribution in [0.15, 0.2) is 21.5 Å². The number of amides is 3. The molecule has 0 spiro atoms. The molecule has 0 atom stereocenters. The zero-order valence-electron chi connectivity index (χ0n) is 18.4. The fourth-order valence-electron chi connectivity index (χ4n) is 3.43. The highest BCUT2D eigenvalue weighted by Crippen LogP contribution is 2.39. The second kappa shape index (κ2) is 11.6. The summed E-state index contributed by atoms with van der Waals surface area (Å²) in [6.07, 6.45) is 4.52. The molecule has 2 aliphatic rings. The molecule has 178 valence electrons. The van der Waals surface area contributed by atoms with Gasteiger partial charge in [-0.05, 0) is 77.7 Å². The molecule has 0 aromatic heterocycles. The Morgan fingerprint density at radius 2 is 1.88 bits per heavy atom. The van der Waals surface area contributed by atoms with Crippen molar-refractivity contribution < 1.29 is 33.4 Å². The average Bonchev–Trinajstić information content (AvgIpc) is 3.06. The number of carbonyl (C=O) groups is 4. The number of benzene rings is 1. The molecule has 9 nitrogen and oxygen atoms in total. The van der Waals surface area contributed by atoms with E-state index in [1.165, 1.54) is 7.11 Å². The van der Waals surface area contributed by atoms with Crippen molar-refractivity contribution in [1.82, 2.24) is 9.80 Å². The van der Waals surface area contributed by atoms with Gasteiger partial charge < -0.3 is 19.1 Å². The first kappa shape index (κ1) is 25.1. The van der Waals surface area contributed by atoms with Crippen LogP contribution >= 0.6 is 27.7 Å². The standard InChI is InChI=1S/C22H25BrN2O7S/c1-3-31-16-10-14(9-15(23)20(16)32-13-19(27)30-2)11-17-21(28)25(22(29)33-17)12-18(26)24-7-5-4-6-8-24/h9-11H,3-8,12-13H2,1-2H3/b17-11-. The normalized spacial score (nSPS) is 17.5. The topological polar surface area (TPSA) is 102 Å². The smallest absolute Gasteiger partial charge is 0.343 e. The summed E-state index contributed by atoms with van der Waals surface area (Å²) in [5.74, 6) is -0.579. The Balaban J connectivity index is 1.77. The quantitative estimate of drug-likeness (QED) is 0.365. The largest absolute Gasteiger partial charge is 0.490 e. The zero-order valence-corrected chi connectivity index (χ0v) is 20.8. The van der Waals surface area contributed by atoms with Gasteiger partial charge >= 0.3 is 5.97 Å². The fraction of sp³-hybridized carbons (Fsp3) is 0.455. The van der Waals surface area contributed by atoms with Crippen molar-refractivity contribution in [2.45, 2.75) is 26.2 Å². The number of hydrogen-bond donors (Lipinski definition) is 0. The third-order valence-corrected chi connectivity index (χ3v) is 6.56. The third-order valence-electron chi connectivity index (χ3n) is 5.07. The number of nitrogens with zero attached hydrogens (tertiary/aromatic N) is 2. The summed E-state index contributed by atoms with van der Waals surface area (Å²) >= 11 is 4.19. The number of thioether (sulfide) groups is 1. The molecule has 2 heterocycles. The number of ether oxygens (including phenoxy) is 3. The van der Waals surface area contributed by atoms with Crippen LogP contribution in [0.1, 0.15) is 31.7 Å². The van der Waals surface area contributed by atoms with Crippen molar-refractivity contribution in [2.75, 3.05) is 40.0 Å². The number of methoxy groups -OCH3 is 1. The Bertz CT molecular complexity index is 976. The maximum absolute atomic E-state index is 12.8. The van der Waals surface area contributed by atoms with Crippen LogP contribution in [0, 0.1) is 0 Å². The Hall–Kier alpha value is -2.53. The Morgan fingerprint density at radius 1 is 1.15 bits per heavy atom. The van der Waals surface area contributed by atoms with Gasteiger partial charge in [0.25, 0.3) is 11.1 Å². The minimum Gasteiger partial charge on any atom is -0.490 e. The molecule has 2 saturated heterocycles. The van der Waals surface area contributed by atoms with E-state index in [1.807, 2.05) is 0 Å². The average molecular weight is 541 g/mol. The number of carbonyl (C=O) groups excluding carboxylic acids is 4. The predicted octanol–water partition coefficient (Wildman–Crippen LogP) is 3.45. The third kappa shape index (κ3) is 6.29. The molecule has 0 aliphatic carbocycles. The Labute approximate surface area is 204 Å². The summed E-state index contributed by atoms with van der Waals surface area (Å²) in [4.78, 5) is 52.1. The molecule has 1 aromatic rings. The molecule has 3 amide bonds. The lowest BCUT2D eigenvalue weighted by atomic mass is 10.1.